The third kappa shape index (κ3) is 4.34. The summed E-state index contributed by atoms with van der Waals surface area (Å²) >= 11 is 0. The van der Waals surface area contributed by atoms with E-state index in [9.17, 15) is 0 Å². The van der Waals surface area contributed by atoms with Gasteiger partial charge in [0, 0.05) is 12.0 Å². The molecule has 0 aliphatic carbocycles. The van der Waals surface area contributed by atoms with Gasteiger partial charge in [-0.3, -0.25) is 5.10 Å². The molecule has 1 heterocycles. The van der Waals surface area contributed by atoms with Crippen LogP contribution in [0.2, 0.25) is 0 Å². The molecule has 0 bridgehead atoms. The van der Waals surface area contributed by atoms with Gasteiger partial charge in [0.1, 0.15) is 5.84 Å². The predicted octanol–water partition coefficient (Wildman–Crippen LogP) is 2.57. The van der Waals surface area contributed by atoms with Crippen LogP contribution in [-0.4, -0.2) is 16.0 Å². The molecule has 0 spiro atoms. The minimum absolute atomic E-state index is 0. The van der Waals surface area contributed by atoms with Gasteiger partial charge in [0.15, 0.2) is 5.82 Å². The Hall–Kier alpha value is -1.03. The minimum Gasteiger partial charge on any atom is -0.387 e. The van der Waals surface area contributed by atoms with Crippen LogP contribution in [0.4, 0.5) is 5.82 Å². The van der Waals surface area contributed by atoms with Crippen LogP contribution in [0.1, 0.15) is 38.7 Å². The highest BCUT2D eigenvalue weighted by Gasteiger charge is 2.01. The van der Waals surface area contributed by atoms with Gasteiger partial charge in [0.25, 0.3) is 0 Å². The van der Waals surface area contributed by atoms with Crippen LogP contribution in [0.25, 0.3) is 0 Å². The molecule has 0 radical (unpaired) electrons. The third-order valence-electron chi connectivity index (χ3n) is 2.12. The zero-order valence-electron chi connectivity index (χ0n) is 9.29. The second-order valence-corrected chi connectivity index (χ2v) is 3.30. The molecule has 0 aliphatic rings. The van der Waals surface area contributed by atoms with Crippen LogP contribution in [0.15, 0.2) is 11.2 Å². The molecule has 0 fully saturated rings. The van der Waals surface area contributed by atoms with E-state index in [0.29, 0.717) is 5.84 Å². The van der Waals surface area contributed by atoms with Crippen molar-refractivity contribution in [2.75, 3.05) is 0 Å². The summed E-state index contributed by atoms with van der Waals surface area (Å²) in [4.78, 5) is 4.30. The number of hydrogen-bond donors (Lipinski definition) is 2. The number of H-pyrrole nitrogens is 1. The lowest BCUT2D eigenvalue weighted by Gasteiger charge is -1.98. The number of aromatic amines is 1. The maximum absolute atomic E-state index is 5.78. The largest absolute Gasteiger partial charge is 0.387 e. The van der Waals surface area contributed by atoms with Crippen molar-refractivity contribution < 1.29 is 0 Å². The molecule has 0 aromatic carbocycles. The first-order valence-electron chi connectivity index (χ1n) is 5.13. The van der Waals surface area contributed by atoms with Gasteiger partial charge in [-0.15, -0.1) is 12.4 Å². The van der Waals surface area contributed by atoms with Gasteiger partial charge in [-0.25, -0.2) is 4.99 Å². The molecule has 1 aromatic rings. The lowest BCUT2D eigenvalue weighted by Crippen LogP contribution is -2.10. The SMILES string of the molecule is CCCCC(N)=Nc1[nH]ncc1CC.Cl. The number of aliphatic imine (C=N–C) groups is 1. The number of unbranched alkanes of at least 4 members (excludes halogenated alkanes) is 1. The van der Waals surface area contributed by atoms with E-state index in [1.165, 1.54) is 0 Å². The molecule has 15 heavy (non-hydrogen) atoms. The minimum atomic E-state index is 0. The first-order chi connectivity index (χ1) is 6.77. The molecular formula is C10H19ClN4. The van der Waals surface area contributed by atoms with Crippen molar-refractivity contribution in [2.24, 2.45) is 10.7 Å². The van der Waals surface area contributed by atoms with Crippen molar-refractivity contribution in [1.29, 1.82) is 0 Å². The van der Waals surface area contributed by atoms with E-state index >= 15 is 0 Å². The summed E-state index contributed by atoms with van der Waals surface area (Å²) in [5.41, 5.74) is 6.89. The fourth-order valence-electron chi connectivity index (χ4n) is 1.22. The Kier molecular flexibility index (Phi) is 6.79. The Morgan fingerprint density at radius 3 is 2.87 bits per heavy atom. The second kappa shape index (κ2) is 7.29. The highest BCUT2D eigenvalue weighted by Crippen LogP contribution is 2.15. The standard InChI is InChI=1S/C10H18N4.ClH/c1-3-5-6-9(11)13-10-8(4-2)7-12-14-10;/h7H,3-6H2,1-2H3,(H3,11,12,13,14);1H. The van der Waals surface area contributed by atoms with Crippen molar-refractivity contribution in [3.63, 3.8) is 0 Å². The summed E-state index contributed by atoms with van der Waals surface area (Å²) in [6.07, 6.45) is 5.81. The van der Waals surface area contributed by atoms with E-state index in [-0.39, 0.29) is 12.4 Å². The second-order valence-electron chi connectivity index (χ2n) is 3.30. The Morgan fingerprint density at radius 2 is 2.27 bits per heavy atom. The molecule has 0 atom stereocenters. The predicted molar refractivity (Wildman–Crippen MR) is 66.0 cm³/mol. The van der Waals surface area contributed by atoms with Crippen molar-refractivity contribution in [3.05, 3.63) is 11.8 Å². The van der Waals surface area contributed by atoms with Crippen LogP contribution in [0.5, 0.6) is 0 Å². The summed E-state index contributed by atoms with van der Waals surface area (Å²) < 4.78 is 0. The third-order valence-corrected chi connectivity index (χ3v) is 2.12. The summed E-state index contributed by atoms with van der Waals surface area (Å²) in [7, 11) is 0. The molecular weight excluding hydrogens is 212 g/mol. The average molecular weight is 231 g/mol. The molecule has 3 N–H and O–H groups in total. The normalized spacial score (nSPS) is 11.2. The Labute approximate surface area is 96.8 Å². The lowest BCUT2D eigenvalue weighted by atomic mass is 10.2. The fraction of sp³-hybridized carbons (Fsp3) is 0.600. The van der Waals surface area contributed by atoms with Gasteiger partial charge in [-0.1, -0.05) is 20.3 Å². The van der Waals surface area contributed by atoms with E-state index in [1.807, 2.05) is 0 Å². The maximum Gasteiger partial charge on any atom is 0.153 e. The summed E-state index contributed by atoms with van der Waals surface area (Å²) in [5, 5.41) is 6.79. The molecule has 4 nitrogen and oxygen atoms in total. The number of hydrogen-bond acceptors (Lipinski definition) is 2. The number of amidine groups is 1. The van der Waals surface area contributed by atoms with Gasteiger partial charge in [-0.05, 0) is 12.8 Å². The molecule has 0 saturated carbocycles. The van der Waals surface area contributed by atoms with Crippen LogP contribution >= 0.6 is 12.4 Å². The van der Waals surface area contributed by atoms with Gasteiger partial charge in [0.2, 0.25) is 0 Å². The van der Waals surface area contributed by atoms with E-state index < -0.39 is 0 Å². The summed E-state index contributed by atoms with van der Waals surface area (Å²) in [6, 6.07) is 0. The number of aromatic nitrogens is 2. The topological polar surface area (TPSA) is 67.1 Å². The monoisotopic (exact) mass is 230 g/mol. The number of rotatable bonds is 5. The molecule has 0 saturated heterocycles. The van der Waals surface area contributed by atoms with Crippen LogP contribution in [0.3, 0.4) is 0 Å². The Morgan fingerprint density at radius 1 is 1.53 bits per heavy atom. The average Bonchev–Trinajstić information content (AvgIpc) is 2.62. The number of aryl methyl sites for hydroxylation is 1. The van der Waals surface area contributed by atoms with Gasteiger partial charge in [0.05, 0.1) is 6.20 Å². The van der Waals surface area contributed by atoms with E-state index in [0.717, 1.165) is 37.1 Å². The zero-order valence-corrected chi connectivity index (χ0v) is 10.1. The smallest absolute Gasteiger partial charge is 0.153 e. The lowest BCUT2D eigenvalue weighted by molar-refractivity contribution is 0.830. The summed E-state index contributed by atoms with van der Waals surface area (Å²) in [6.45, 7) is 4.22. The Balaban J connectivity index is 0.00000196. The molecule has 1 rings (SSSR count). The van der Waals surface area contributed by atoms with E-state index in [4.69, 9.17) is 5.73 Å². The van der Waals surface area contributed by atoms with Crippen molar-refractivity contribution in [3.8, 4) is 0 Å². The highest BCUT2D eigenvalue weighted by molar-refractivity contribution is 5.85. The first kappa shape index (κ1) is 14.0. The number of halogens is 1. The van der Waals surface area contributed by atoms with Crippen molar-refractivity contribution in [1.82, 2.24) is 10.2 Å². The van der Waals surface area contributed by atoms with Crippen molar-refractivity contribution in [2.45, 2.75) is 39.5 Å². The fourth-order valence-corrected chi connectivity index (χ4v) is 1.22. The first-order valence-corrected chi connectivity index (χ1v) is 5.13. The molecule has 5 heteroatoms. The maximum atomic E-state index is 5.78. The van der Waals surface area contributed by atoms with Crippen LogP contribution in [0, 0.1) is 0 Å². The number of nitrogens with one attached hydrogen (secondary N) is 1. The zero-order chi connectivity index (χ0) is 10.4. The molecule has 86 valence electrons. The van der Waals surface area contributed by atoms with Gasteiger partial charge >= 0.3 is 0 Å². The van der Waals surface area contributed by atoms with E-state index in [1.54, 1.807) is 6.20 Å². The van der Waals surface area contributed by atoms with Crippen LogP contribution < -0.4 is 5.73 Å². The molecule has 1 aromatic heterocycles. The molecule has 0 unspecified atom stereocenters. The number of nitrogens with two attached hydrogens (primary N) is 1. The van der Waals surface area contributed by atoms with Crippen LogP contribution in [-0.2, 0) is 6.42 Å². The number of nitrogens with zero attached hydrogens (tertiary/aromatic N) is 2. The van der Waals surface area contributed by atoms with Gasteiger partial charge in [-0.2, -0.15) is 5.10 Å². The van der Waals surface area contributed by atoms with E-state index in [2.05, 4.69) is 29.0 Å². The van der Waals surface area contributed by atoms with Gasteiger partial charge < -0.3 is 5.73 Å². The molecule has 0 amide bonds. The summed E-state index contributed by atoms with van der Waals surface area (Å²) in [5.74, 6) is 1.49. The quantitative estimate of drug-likeness (QED) is 0.603. The highest BCUT2D eigenvalue weighted by atomic mass is 35.5. The molecule has 0 aliphatic heterocycles. The Bertz CT molecular complexity index is 306. The van der Waals surface area contributed by atoms with Crippen molar-refractivity contribution >= 4 is 24.1 Å².